The van der Waals surface area contributed by atoms with Crippen LogP contribution in [0.1, 0.15) is 32.6 Å². The van der Waals surface area contributed by atoms with E-state index in [1.54, 1.807) is 0 Å². The number of carbonyl (C=O) groups excluding carboxylic acids is 1. The molecule has 1 heterocycles. The standard InChI is InChI=1S/C13H24N2O/c1-2-3-13(16)11-15-8-6-14(7-9-15)10-12-4-5-12/h12H,2-11H2,1H3. The average molecular weight is 224 g/mol. The Kier molecular flexibility index (Phi) is 4.36. The second-order valence-corrected chi connectivity index (χ2v) is 5.31. The maximum atomic E-state index is 11.5. The summed E-state index contributed by atoms with van der Waals surface area (Å²) in [7, 11) is 0. The van der Waals surface area contributed by atoms with Crippen LogP contribution in [-0.4, -0.2) is 54.9 Å². The third kappa shape index (κ3) is 3.87. The van der Waals surface area contributed by atoms with Crippen LogP contribution in [0.25, 0.3) is 0 Å². The minimum absolute atomic E-state index is 0.415. The summed E-state index contributed by atoms with van der Waals surface area (Å²) in [5.74, 6) is 1.41. The number of hydrogen-bond acceptors (Lipinski definition) is 3. The molecule has 0 radical (unpaired) electrons. The molecule has 1 aliphatic carbocycles. The van der Waals surface area contributed by atoms with Gasteiger partial charge in [-0.3, -0.25) is 9.69 Å². The van der Waals surface area contributed by atoms with Crippen molar-refractivity contribution in [2.75, 3.05) is 39.3 Å². The molecule has 16 heavy (non-hydrogen) atoms. The molecular formula is C13H24N2O. The number of piperazine rings is 1. The Morgan fingerprint density at radius 3 is 2.31 bits per heavy atom. The molecule has 3 heteroatoms. The zero-order valence-electron chi connectivity index (χ0n) is 10.5. The minimum atomic E-state index is 0.415. The topological polar surface area (TPSA) is 23.6 Å². The van der Waals surface area contributed by atoms with Crippen molar-refractivity contribution in [3.8, 4) is 0 Å². The van der Waals surface area contributed by atoms with Crippen molar-refractivity contribution in [3.05, 3.63) is 0 Å². The highest BCUT2D eigenvalue weighted by Gasteiger charge is 2.26. The highest BCUT2D eigenvalue weighted by atomic mass is 16.1. The normalized spacial score (nSPS) is 23.6. The lowest BCUT2D eigenvalue weighted by Gasteiger charge is -2.34. The highest BCUT2D eigenvalue weighted by molar-refractivity contribution is 5.80. The van der Waals surface area contributed by atoms with E-state index in [9.17, 15) is 4.79 Å². The van der Waals surface area contributed by atoms with Crippen molar-refractivity contribution < 1.29 is 4.79 Å². The van der Waals surface area contributed by atoms with Crippen LogP contribution in [0.2, 0.25) is 0 Å². The minimum Gasteiger partial charge on any atom is -0.301 e. The number of nitrogens with zero attached hydrogens (tertiary/aromatic N) is 2. The first-order chi connectivity index (χ1) is 7.78. The van der Waals surface area contributed by atoms with Crippen LogP contribution in [0.5, 0.6) is 0 Å². The van der Waals surface area contributed by atoms with E-state index in [-0.39, 0.29) is 0 Å². The fourth-order valence-electron chi connectivity index (χ4n) is 2.40. The van der Waals surface area contributed by atoms with Gasteiger partial charge in [-0.05, 0) is 25.2 Å². The number of carbonyl (C=O) groups is 1. The van der Waals surface area contributed by atoms with E-state index < -0.39 is 0 Å². The molecule has 3 nitrogen and oxygen atoms in total. The summed E-state index contributed by atoms with van der Waals surface area (Å²) in [6.45, 7) is 8.56. The lowest BCUT2D eigenvalue weighted by atomic mass is 10.2. The zero-order valence-corrected chi connectivity index (χ0v) is 10.5. The molecule has 2 aliphatic rings. The van der Waals surface area contributed by atoms with Gasteiger partial charge in [-0.15, -0.1) is 0 Å². The fraction of sp³-hybridized carbons (Fsp3) is 0.923. The monoisotopic (exact) mass is 224 g/mol. The number of Topliss-reactive ketones (excluding diaryl/α,β-unsaturated/α-hetero) is 1. The van der Waals surface area contributed by atoms with Crippen LogP contribution in [0.3, 0.4) is 0 Å². The highest BCUT2D eigenvalue weighted by Crippen LogP contribution is 2.29. The summed E-state index contributed by atoms with van der Waals surface area (Å²) in [6.07, 6.45) is 4.62. The van der Waals surface area contributed by atoms with Crippen LogP contribution in [0.15, 0.2) is 0 Å². The Morgan fingerprint density at radius 1 is 1.12 bits per heavy atom. The largest absolute Gasteiger partial charge is 0.301 e. The second-order valence-electron chi connectivity index (χ2n) is 5.31. The van der Waals surface area contributed by atoms with Gasteiger partial charge in [0.2, 0.25) is 0 Å². The molecule has 2 fully saturated rings. The molecule has 1 saturated heterocycles. The maximum absolute atomic E-state index is 11.5. The van der Waals surface area contributed by atoms with Gasteiger partial charge in [-0.1, -0.05) is 6.92 Å². The Bertz CT molecular complexity index is 230. The first-order valence-corrected chi connectivity index (χ1v) is 6.74. The van der Waals surface area contributed by atoms with Gasteiger partial charge in [0.1, 0.15) is 5.78 Å². The van der Waals surface area contributed by atoms with E-state index in [1.807, 2.05) is 0 Å². The fourth-order valence-corrected chi connectivity index (χ4v) is 2.40. The Morgan fingerprint density at radius 2 is 1.75 bits per heavy atom. The van der Waals surface area contributed by atoms with E-state index in [4.69, 9.17) is 0 Å². The quantitative estimate of drug-likeness (QED) is 0.681. The van der Waals surface area contributed by atoms with Crippen LogP contribution in [-0.2, 0) is 4.79 Å². The van der Waals surface area contributed by atoms with Crippen molar-refractivity contribution in [2.45, 2.75) is 32.6 Å². The molecule has 2 rings (SSSR count). The van der Waals surface area contributed by atoms with Gasteiger partial charge >= 0.3 is 0 Å². The van der Waals surface area contributed by atoms with Gasteiger partial charge < -0.3 is 4.90 Å². The van der Waals surface area contributed by atoms with Crippen molar-refractivity contribution in [2.24, 2.45) is 5.92 Å². The molecule has 1 saturated carbocycles. The van der Waals surface area contributed by atoms with E-state index in [0.29, 0.717) is 12.3 Å². The van der Waals surface area contributed by atoms with Gasteiger partial charge in [0.05, 0.1) is 6.54 Å². The van der Waals surface area contributed by atoms with Gasteiger partial charge in [0.25, 0.3) is 0 Å². The lowest BCUT2D eigenvalue weighted by Crippen LogP contribution is -2.48. The Balaban J connectivity index is 1.62. The first-order valence-electron chi connectivity index (χ1n) is 6.74. The van der Waals surface area contributed by atoms with Crippen LogP contribution >= 0.6 is 0 Å². The molecule has 0 aromatic rings. The molecule has 0 spiro atoms. The molecule has 0 aromatic carbocycles. The Labute approximate surface area is 98.8 Å². The number of ketones is 1. The maximum Gasteiger partial charge on any atom is 0.146 e. The molecule has 0 unspecified atom stereocenters. The van der Waals surface area contributed by atoms with Crippen molar-refractivity contribution in [1.29, 1.82) is 0 Å². The predicted octanol–water partition coefficient (Wildman–Crippen LogP) is 1.38. The molecular weight excluding hydrogens is 200 g/mol. The molecule has 0 bridgehead atoms. The molecule has 0 atom stereocenters. The van der Waals surface area contributed by atoms with Gasteiger partial charge in [0.15, 0.2) is 0 Å². The van der Waals surface area contributed by atoms with Gasteiger partial charge in [-0.2, -0.15) is 0 Å². The van der Waals surface area contributed by atoms with E-state index in [0.717, 1.165) is 44.9 Å². The molecule has 0 N–H and O–H groups in total. The number of hydrogen-bond donors (Lipinski definition) is 0. The van der Waals surface area contributed by atoms with E-state index in [2.05, 4.69) is 16.7 Å². The summed E-state index contributed by atoms with van der Waals surface area (Å²) < 4.78 is 0. The van der Waals surface area contributed by atoms with E-state index >= 15 is 0 Å². The van der Waals surface area contributed by atoms with Crippen LogP contribution in [0, 0.1) is 5.92 Å². The van der Waals surface area contributed by atoms with Crippen molar-refractivity contribution >= 4 is 5.78 Å². The average Bonchev–Trinajstić information content (AvgIpc) is 3.05. The van der Waals surface area contributed by atoms with Crippen LogP contribution in [0.4, 0.5) is 0 Å². The van der Waals surface area contributed by atoms with Gasteiger partial charge in [-0.25, -0.2) is 0 Å². The molecule has 0 amide bonds. The third-order valence-corrected chi connectivity index (χ3v) is 3.61. The summed E-state index contributed by atoms with van der Waals surface area (Å²) in [5.41, 5.74) is 0. The Hall–Kier alpha value is -0.410. The predicted molar refractivity (Wildman–Crippen MR) is 65.5 cm³/mol. The molecule has 1 aliphatic heterocycles. The molecule has 92 valence electrons. The second kappa shape index (κ2) is 5.78. The summed E-state index contributed by atoms with van der Waals surface area (Å²) in [6, 6.07) is 0. The number of rotatable bonds is 6. The SMILES string of the molecule is CCCC(=O)CN1CCN(CC2CC2)CC1. The smallest absolute Gasteiger partial charge is 0.146 e. The summed E-state index contributed by atoms with van der Waals surface area (Å²) in [5, 5.41) is 0. The molecule has 0 aromatic heterocycles. The zero-order chi connectivity index (χ0) is 11.4. The van der Waals surface area contributed by atoms with E-state index in [1.165, 1.54) is 19.4 Å². The van der Waals surface area contributed by atoms with Crippen molar-refractivity contribution in [1.82, 2.24) is 9.80 Å². The third-order valence-electron chi connectivity index (χ3n) is 3.61. The van der Waals surface area contributed by atoms with Gasteiger partial charge in [0, 0.05) is 39.1 Å². The van der Waals surface area contributed by atoms with Crippen LogP contribution < -0.4 is 0 Å². The summed E-state index contributed by atoms with van der Waals surface area (Å²) in [4.78, 5) is 16.4. The summed E-state index contributed by atoms with van der Waals surface area (Å²) >= 11 is 0. The lowest BCUT2D eigenvalue weighted by molar-refractivity contribution is -0.120. The van der Waals surface area contributed by atoms with Crippen molar-refractivity contribution in [3.63, 3.8) is 0 Å². The first kappa shape index (κ1) is 12.1.